The van der Waals surface area contributed by atoms with E-state index in [1.165, 1.54) is 16.7 Å². The van der Waals surface area contributed by atoms with Crippen LogP contribution in [0, 0.1) is 25.7 Å². The highest BCUT2D eigenvalue weighted by Crippen LogP contribution is 2.25. The summed E-state index contributed by atoms with van der Waals surface area (Å²) in [4.78, 5) is 0. The molecule has 18 heavy (non-hydrogen) atoms. The number of rotatable bonds is 3. The van der Waals surface area contributed by atoms with E-state index in [9.17, 15) is 0 Å². The average molecular weight is 310 g/mol. The Hall–Kier alpha value is -0.780. The van der Waals surface area contributed by atoms with Gasteiger partial charge in [0.1, 0.15) is 12.6 Å². The molecule has 0 spiro atoms. The lowest BCUT2D eigenvalue weighted by Crippen LogP contribution is -3.00. The quantitative estimate of drug-likeness (QED) is 0.562. The van der Waals surface area contributed by atoms with E-state index in [4.69, 9.17) is 0 Å². The molecule has 1 aromatic rings. The first-order valence-corrected chi connectivity index (χ1v) is 6.18. The van der Waals surface area contributed by atoms with Gasteiger partial charge in [0.25, 0.3) is 0 Å². The van der Waals surface area contributed by atoms with Crippen LogP contribution < -0.4 is 17.0 Å². The summed E-state index contributed by atoms with van der Waals surface area (Å²) in [5.41, 5.74) is 4.13. The summed E-state index contributed by atoms with van der Waals surface area (Å²) >= 11 is 0. The molecule has 0 radical (unpaired) electrons. The van der Waals surface area contributed by atoms with E-state index < -0.39 is 0 Å². The Morgan fingerprint density at radius 1 is 1.17 bits per heavy atom. The zero-order valence-corrected chi connectivity index (χ0v) is 13.9. The van der Waals surface area contributed by atoms with Gasteiger partial charge in [0, 0.05) is 5.56 Å². The first-order valence-electron chi connectivity index (χ1n) is 6.18. The summed E-state index contributed by atoms with van der Waals surface area (Å²) < 4.78 is 0.906. The molecule has 0 N–H and O–H groups in total. The van der Waals surface area contributed by atoms with Crippen molar-refractivity contribution >= 4 is 0 Å². The number of hydrogen-bond acceptors (Lipinski definition) is 0. The summed E-state index contributed by atoms with van der Waals surface area (Å²) in [6, 6.07) is 7.23. The summed E-state index contributed by atoms with van der Waals surface area (Å²) in [5, 5.41) is 0. The average Bonchev–Trinajstić information content (AvgIpc) is 2.29. The van der Waals surface area contributed by atoms with E-state index in [1.54, 1.807) is 0 Å². The lowest BCUT2D eigenvalue weighted by atomic mass is 10.00. The largest absolute Gasteiger partial charge is 1.00 e. The Labute approximate surface area is 123 Å². The molecule has 1 aromatic carbocycles. The van der Waals surface area contributed by atoms with Crippen LogP contribution in [0.3, 0.4) is 0 Å². The second kappa shape index (κ2) is 6.97. The Morgan fingerprint density at radius 3 is 2.28 bits per heavy atom. The van der Waals surface area contributed by atoms with Crippen LogP contribution >= 0.6 is 0 Å². The minimum atomic E-state index is 0. The first kappa shape index (κ1) is 17.2. The molecule has 0 aromatic heterocycles. The number of nitrogens with zero attached hydrogens (tertiary/aromatic N) is 1. The first-order chi connectivity index (χ1) is 7.88. The predicted octanol–water partition coefficient (Wildman–Crippen LogP) is 0.468. The highest BCUT2D eigenvalue weighted by Gasteiger charge is 2.24. The molecule has 0 aliphatic heterocycles. The third-order valence-electron chi connectivity index (χ3n) is 3.73. The number of benzene rings is 1. The van der Waals surface area contributed by atoms with Crippen LogP contribution in [-0.4, -0.2) is 25.1 Å². The Kier molecular flexibility index (Phi) is 6.67. The van der Waals surface area contributed by atoms with Crippen molar-refractivity contribution in [1.29, 1.82) is 0 Å². The normalized spacial score (nSPS) is 12.1. The molecule has 1 unspecified atom stereocenters. The molecule has 0 saturated carbocycles. The van der Waals surface area contributed by atoms with E-state index in [0.29, 0.717) is 6.04 Å². The SMILES string of the molecule is CC#CC[N+](C)(C)C(C)c1ccc(C)c(C)c1.[Br-]. The molecule has 1 rings (SSSR count). The van der Waals surface area contributed by atoms with Crippen molar-refractivity contribution in [2.45, 2.75) is 33.7 Å². The molecular formula is C16H24BrN. The highest BCUT2D eigenvalue weighted by atomic mass is 79.9. The molecule has 0 saturated heterocycles. The maximum atomic E-state index is 3.19. The fourth-order valence-corrected chi connectivity index (χ4v) is 1.85. The molecule has 0 aliphatic carbocycles. The van der Waals surface area contributed by atoms with Crippen molar-refractivity contribution in [3.05, 3.63) is 34.9 Å². The third kappa shape index (κ3) is 4.15. The van der Waals surface area contributed by atoms with Gasteiger partial charge in [0.05, 0.1) is 14.1 Å². The zero-order valence-electron chi connectivity index (χ0n) is 12.3. The summed E-state index contributed by atoms with van der Waals surface area (Å²) in [5.74, 6) is 6.17. The molecule has 0 aliphatic rings. The van der Waals surface area contributed by atoms with Crippen molar-refractivity contribution in [3.8, 4) is 11.8 Å². The lowest BCUT2D eigenvalue weighted by Gasteiger charge is -2.34. The molecule has 0 amide bonds. The monoisotopic (exact) mass is 309 g/mol. The van der Waals surface area contributed by atoms with Gasteiger partial charge in [-0.2, -0.15) is 0 Å². The van der Waals surface area contributed by atoms with Gasteiger partial charge >= 0.3 is 0 Å². The van der Waals surface area contributed by atoms with Crippen molar-refractivity contribution < 1.29 is 21.5 Å². The number of hydrogen-bond donors (Lipinski definition) is 0. The van der Waals surface area contributed by atoms with Gasteiger partial charge in [-0.25, -0.2) is 0 Å². The Morgan fingerprint density at radius 2 is 1.78 bits per heavy atom. The zero-order chi connectivity index (χ0) is 13.1. The van der Waals surface area contributed by atoms with Gasteiger partial charge in [-0.1, -0.05) is 12.1 Å². The fourth-order valence-electron chi connectivity index (χ4n) is 1.85. The maximum Gasteiger partial charge on any atom is 0.140 e. The van der Waals surface area contributed by atoms with E-state index >= 15 is 0 Å². The van der Waals surface area contributed by atoms with Gasteiger partial charge in [-0.15, -0.1) is 5.92 Å². The van der Waals surface area contributed by atoms with Crippen LogP contribution in [0.5, 0.6) is 0 Å². The van der Waals surface area contributed by atoms with Crippen LogP contribution in [0.25, 0.3) is 0 Å². The van der Waals surface area contributed by atoms with E-state index in [1.807, 2.05) is 6.92 Å². The molecule has 2 heteroatoms. The van der Waals surface area contributed by atoms with Crippen molar-refractivity contribution in [1.82, 2.24) is 0 Å². The van der Waals surface area contributed by atoms with E-state index in [2.05, 4.69) is 64.9 Å². The van der Waals surface area contributed by atoms with Crippen LogP contribution in [0.2, 0.25) is 0 Å². The molecule has 1 nitrogen and oxygen atoms in total. The minimum Gasteiger partial charge on any atom is -1.00 e. The predicted molar refractivity (Wildman–Crippen MR) is 74.8 cm³/mol. The lowest BCUT2D eigenvalue weighted by molar-refractivity contribution is -0.912. The van der Waals surface area contributed by atoms with E-state index in [0.717, 1.165) is 11.0 Å². The molecular weight excluding hydrogens is 286 g/mol. The van der Waals surface area contributed by atoms with Crippen LogP contribution in [0.1, 0.15) is 36.6 Å². The standard InChI is InChI=1S/C16H24N.BrH/c1-7-8-11-17(5,6)15(4)16-10-9-13(2)14(3)12-16;/h9-10,12,15H,11H2,1-6H3;1H/q+1;/p-1. The number of halogens is 1. The fraction of sp³-hybridized carbons (Fsp3) is 0.500. The highest BCUT2D eigenvalue weighted by molar-refractivity contribution is 5.30. The second-order valence-electron chi connectivity index (χ2n) is 5.38. The number of aryl methyl sites for hydroxylation is 2. The smallest absolute Gasteiger partial charge is 0.140 e. The van der Waals surface area contributed by atoms with Gasteiger partial charge in [-0.3, -0.25) is 0 Å². The van der Waals surface area contributed by atoms with Crippen LogP contribution in [-0.2, 0) is 0 Å². The van der Waals surface area contributed by atoms with Crippen LogP contribution in [0.4, 0.5) is 0 Å². The van der Waals surface area contributed by atoms with Crippen molar-refractivity contribution in [2.75, 3.05) is 20.6 Å². The summed E-state index contributed by atoms with van der Waals surface area (Å²) in [7, 11) is 4.48. The number of quaternary nitrogens is 1. The van der Waals surface area contributed by atoms with Gasteiger partial charge in [0.15, 0.2) is 0 Å². The topological polar surface area (TPSA) is 0 Å². The van der Waals surface area contributed by atoms with Gasteiger partial charge in [0.2, 0.25) is 0 Å². The molecule has 1 atom stereocenters. The molecule has 0 bridgehead atoms. The van der Waals surface area contributed by atoms with Gasteiger partial charge < -0.3 is 21.5 Å². The maximum absolute atomic E-state index is 3.19. The minimum absolute atomic E-state index is 0. The molecule has 0 fully saturated rings. The third-order valence-corrected chi connectivity index (χ3v) is 3.73. The summed E-state index contributed by atoms with van der Waals surface area (Å²) in [6.45, 7) is 9.41. The van der Waals surface area contributed by atoms with E-state index in [-0.39, 0.29) is 17.0 Å². The van der Waals surface area contributed by atoms with Crippen molar-refractivity contribution in [2.24, 2.45) is 0 Å². The Balaban J connectivity index is 0.00000289. The molecule has 100 valence electrons. The van der Waals surface area contributed by atoms with Crippen molar-refractivity contribution in [3.63, 3.8) is 0 Å². The second-order valence-corrected chi connectivity index (χ2v) is 5.38. The molecule has 0 heterocycles. The van der Waals surface area contributed by atoms with Crippen LogP contribution in [0.15, 0.2) is 18.2 Å². The Bertz CT molecular complexity index is 452. The van der Waals surface area contributed by atoms with Gasteiger partial charge in [-0.05, 0) is 50.8 Å². The summed E-state index contributed by atoms with van der Waals surface area (Å²) in [6.07, 6.45) is 0.